The van der Waals surface area contributed by atoms with Crippen LogP contribution in [0.25, 0.3) is 0 Å². The maximum Gasteiger partial charge on any atom is 0.276 e. The molecule has 0 radical (unpaired) electrons. The van der Waals surface area contributed by atoms with Gasteiger partial charge < -0.3 is 16.0 Å². The number of hydrogen-bond donors (Lipinski definition) is 2. The molecule has 0 spiro atoms. The predicted molar refractivity (Wildman–Crippen MR) is 76.1 cm³/mol. The second-order valence-corrected chi connectivity index (χ2v) is 5.15. The van der Waals surface area contributed by atoms with E-state index in [0.717, 1.165) is 6.54 Å². The van der Waals surface area contributed by atoms with Crippen LogP contribution in [0.2, 0.25) is 0 Å². The van der Waals surface area contributed by atoms with Gasteiger partial charge >= 0.3 is 0 Å². The van der Waals surface area contributed by atoms with Gasteiger partial charge in [-0.1, -0.05) is 13.8 Å². The van der Waals surface area contributed by atoms with Gasteiger partial charge in [0.25, 0.3) is 5.69 Å². The van der Waals surface area contributed by atoms with Crippen LogP contribution in [0.4, 0.5) is 17.3 Å². The van der Waals surface area contributed by atoms with E-state index >= 15 is 0 Å². The molecule has 0 saturated heterocycles. The Bertz CT molecular complexity index is 448. The molecule has 0 aliphatic carbocycles. The van der Waals surface area contributed by atoms with Crippen LogP contribution in [0.1, 0.15) is 13.8 Å². The first-order valence-corrected chi connectivity index (χ1v) is 6.12. The Hall–Kier alpha value is -1.89. The Kier molecular flexibility index (Phi) is 5.05. The lowest BCUT2D eigenvalue weighted by Gasteiger charge is -2.26. The van der Waals surface area contributed by atoms with Crippen molar-refractivity contribution in [3.8, 4) is 0 Å². The second kappa shape index (κ2) is 6.33. The fourth-order valence-electron chi connectivity index (χ4n) is 1.72. The molecular formula is C12H21N5O2. The monoisotopic (exact) mass is 267 g/mol. The van der Waals surface area contributed by atoms with E-state index in [9.17, 15) is 10.1 Å². The van der Waals surface area contributed by atoms with E-state index in [-0.39, 0.29) is 17.5 Å². The van der Waals surface area contributed by atoms with Gasteiger partial charge in [-0.25, -0.2) is 4.98 Å². The minimum Gasteiger partial charge on any atom is -0.383 e. The molecule has 0 amide bonds. The van der Waals surface area contributed by atoms with Crippen molar-refractivity contribution < 1.29 is 4.92 Å². The van der Waals surface area contributed by atoms with Gasteiger partial charge in [0.1, 0.15) is 11.6 Å². The Morgan fingerprint density at radius 3 is 2.58 bits per heavy atom. The molecule has 0 saturated carbocycles. The Morgan fingerprint density at radius 2 is 2.11 bits per heavy atom. The summed E-state index contributed by atoms with van der Waals surface area (Å²) in [5.41, 5.74) is 5.53. The lowest BCUT2D eigenvalue weighted by molar-refractivity contribution is -0.384. The molecule has 0 aliphatic heterocycles. The molecular weight excluding hydrogens is 246 g/mol. The summed E-state index contributed by atoms with van der Waals surface area (Å²) in [5, 5.41) is 14.0. The fraction of sp³-hybridized carbons (Fsp3) is 0.583. The highest BCUT2D eigenvalue weighted by molar-refractivity contribution is 5.53. The Morgan fingerprint density at radius 1 is 1.47 bits per heavy atom. The van der Waals surface area contributed by atoms with Crippen molar-refractivity contribution in [1.82, 2.24) is 9.88 Å². The molecule has 1 atom stereocenters. The summed E-state index contributed by atoms with van der Waals surface area (Å²) in [4.78, 5) is 16.5. The van der Waals surface area contributed by atoms with E-state index in [1.807, 2.05) is 14.1 Å². The van der Waals surface area contributed by atoms with E-state index < -0.39 is 4.92 Å². The lowest BCUT2D eigenvalue weighted by Crippen LogP contribution is -2.36. The topological polar surface area (TPSA) is 97.3 Å². The van der Waals surface area contributed by atoms with E-state index in [4.69, 9.17) is 5.73 Å². The molecule has 3 N–H and O–H groups in total. The predicted octanol–water partition coefficient (Wildman–Crippen LogP) is 1.57. The maximum absolute atomic E-state index is 10.8. The largest absolute Gasteiger partial charge is 0.383 e. The van der Waals surface area contributed by atoms with Crippen LogP contribution < -0.4 is 11.1 Å². The van der Waals surface area contributed by atoms with Crippen LogP contribution in [0, 0.1) is 16.0 Å². The van der Waals surface area contributed by atoms with E-state index in [2.05, 4.69) is 29.0 Å². The van der Waals surface area contributed by atoms with Crippen LogP contribution in [-0.4, -0.2) is 41.5 Å². The van der Waals surface area contributed by atoms with Crippen LogP contribution in [0.3, 0.4) is 0 Å². The van der Waals surface area contributed by atoms with Gasteiger partial charge in [-0.3, -0.25) is 10.1 Å². The van der Waals surface area contributed by atoms with Gasteiger partial charge in [-0.05, 0) is 20.0 Å². The average Bonchev–Trinajstić information content (AvgIpc) is 2.26. The summed E-state index contributed by atoms with van der Waals surface area (Å²) in [6.45, 7) is 4.98. The standard InChI is InChI=1S/C12H21N5O2/c1-8(2)10(7-16(3)4)14-12-6-9(17(18)19)5-11(13)15-12/h5-6,8,10H,7H2,1-4H3,(H3,13,14,15). The van der Waals surface area contributed by atoms with Gasteiger partial charge in [0.2, 0.25) is 0 Å². The van der Waals surface area contributed by atoms with Crippen LogP contribution >= 0.6 is 0 Å². The summed E-state index contributed by atoms with van der Waals surface area (Å²) >= 11 is 0. The van der Waals surface area contributed by atoms with Crippen molar-refractivity contribution in [2.45, 2.75) is 19.9 Å². The minimum atomic E-state index is -0.473. The highest BCUT2D eigenvalue weighted by Gasteiger charge is 2.17. The normalized spacial score (nSPS) is 12.7. The third-order valence-corrected chi connectivity index (χ3v) is 2.74. The maximum atomic E-state index is 10.8. The summed E-state index contributed by atoms with van der Waals surface area (Å²) in [7, 11) is 3.96. The first-order chi connectivity index (χ1) is 8.79. The Labute approximate surface area is 113 Å². The van der Waals surface area contributed by atoms with E-state index in [1.54, 1.807) is 0 Å². The number of aromatic nitrogens is 1. The summed E-state index contributed by atoms with van der Waals surface area (Å²) in [6.07, 6.45) is 0. The third kappa shape index (κ3) is 4.70. The first-order valence-electron chi connectivity index (χ1n) is 6.12. The lowest BCUT2D eigenvalue weighted by atomic mass is 10.0. The van der Waals surface area contributed by atoms with Crippen molar-refractivity contribution >= 4 is 17.3 Å². The number of pyridine rings is 1. The van der Waals surface area contributed by atoms with Crippen molar-refractivity contribution in [1.29, 1.82) is 0 Å². The number of nitro groups is 1. The number of nitrogens with two attached hydrogens (primary N) is 1. The number of nitrogens with zero attached hydrogens (tertiary/aromatic N) is 3. The molecule has 1 rings (SSSR count). The molecule has 106 valence electrons. The van der Waals surface area contributed by atoms with Gasteiger partial charge in [0.15, 0.2) is 0 Å². The fourth-order valence-corrected chi connectivity index (χ4v) is 1.72. The van der Waals surface area contributed by atoms with Crippen molar-refractivity contribution in [3.05, 3.63) is 22.2 Å². The summed E-state index contributed by atoms with van der Waals surface area (Å²) in [6, 6.07) is 2.80. The molecule has 1 aromatic heterocycles. The molecule has 0 fully saturated rings. The molecule has 7 nitrogen and oxygen atoms in total. The number of nitrogens with one attached hydrogen (secondary N) is 1. The zero-order valence-corrected chi connectivity index (χ0v) is 11.8. The van der Waals surface area contributed by atoms with Gasteiger partial charge in [-0.2, -0.15) is 0 Å². The van der Waals surface area contributed by atoms with Crippen LogP contribution in [0.5, 0.6) is 0 Å². The van der Waals surface area contributed by atoms with Crippen molar-refractivity contribution in [2.24, 2.45) is 5.92 Å². The Balaban J connectivity index is 2.92. The molecule has 1 heterocycles. The number of nitrogen functional groups attached to an aromatic ring is 1. The number of hydrogen-bond acceptors (Lipinski definition) is 6. The van der Waals surface area contributed by atoms with Gasteiger partial charge in [0, 0.05) is 12.6 Å². The van der Waals surface area contributed by atoms with E-state index in [0.29, 0.717) is 11.7 Å². The molecule has 19 heavy (non-hydrogen) atoms. The number of anilines is 2. The van der Waals surface area contributed by atoms with Gasteiger partial charge in [0.05, 0.1) is 17.1 Å². The zero-order chi connectivity index (χ0) is 14.6. The number of likely N-dealkylation sites (N-methyl/N-ethyl adjacent to an activating group) is 1. The highest BCUT2D eigenvalue weighted by Crippen LogP contribution is 2.20. The first kappa shape index (κ1) is 15.2. The SMILES string of the molecule is CC(C)C(CN(C)C)Nc1cc([N+](=O)[O-])cc(N)n1. The highest BCUT2D eigenvalue weighted by atomic mass is 16.6. The quantitative estimate of drug-likeness (QED) is 0.599. The number of rotatable bonds is 6. The molecule has 7 heteroatoms. The molecule has 1 unspecified atom stereocenters. The molecule has 0 aromatic carbocycles. The van der Waals surface area contributed by atoms with Crippen molar-refractivity contribution in [3.63, 3.8) is 0 Å². The van der Waals surface area contributed by atoms with E-state index in [1.165, 1.54) is 12.1 Å². The smallest absolute Gasteiger partial charge is 0.276 e. The molecule has 0 aliphatic rings. The second-order valence-electron chi connectivity index (χ2n) is 5.15. The van der Waals surface area contributed by atoms with Crippen LogP contribution in [-0.2, 0) is 0 Å². The summed E-state index contributed by atoms with van der Waals surface area (Å²) < 4.78 is 0. The third-order valence-electron chi connectivity index (χ3n) is 2.74. The average molecular weight is 267 g/mol. The molecule has 1 aromatic rings. The summed E-state index contributed by atoms with van der Waals surface area (Å²) in [5.74, 6) is 0.945. The van der Waals surface area contributed by atoms with Crippen molar-refractivity contribution in [2.75, 3.05) is 31.7 Å². The zero-order valence-electron chi connectivity index (χ0n) is 11.8. The molecule has 0 bridgehead atoms. The minimum absolute atomic E-state index is 0.0534. The van der Waals surface area contributed by atoms with Gasteiger partial charge in [-0.15, -0.1) is 0 Å². The van der Waals surface area contributed by atoms with Crippen LogP contribution in [0.15, 0.2) is 12.1 Å².